The van der Waals surface area contributed by atoms with Crippen molar-refractivity contribution in [3.05, 3.63) is 76.9 Å². The van der Waals surface area contributed by atoms with Crippen molar-refractivity contribution in [2.75, 3.05) is 26.0 Å². The molecule has 0 radical (unpaired) electrons. The summed E-state index contributed by atoms with van der Waals surface area (Å²) in [7, 11) is -3.20. The van der Waals surface area contributed by atoms with E-state index in [0.29, 0.717) is 45.6 Å². The summed E-state index contributed by atoms with van der Waals surface area (Å²) >= 11 is 0. The summed E-state index contributed by atoms with van der Waals surface area (Å²) in [5.74, 6) is 2.68. The molecule has 0 saturated carbocycles. The van der Waals surface area contributed by atoms with Gasteiger partial charge in [0, 0.05) is 36.9 Å². The number of hydrogen-bond acceptors (Lipinski definition) is 6. The zero-order chi connectivity index (χ0) is 28.4. The Balaban J connectivity index is 1.25. The van der Waals surface area contributed by atoms with Gasteiger partial charge in [0.2, 0.25) is 10.0 Å². The molecule has 0 aliphatic carbocycles. The van der Waals surface area contributed by atoms with Crippen LogP contribution in [0.3, 0.4) is 0 Å². The van der Waals surface area contributed by atoms with E-state index in [1.54, 1.807) is 0 Å². The molecule has 5 rings (SSSR count). The summed E-state index contributed by atoms with van der Waals surface area (Å²) in [6.45, 7) is 7.87. The third-order valence-corrected chi connectivity index (χ3v) is 9.01. The van der Waals surface area contributed by atoms with Crippen molar-refractivity contribution < 1.29 is 27.4 Å². The van der Waals surface area contributed by atoms with E-state index in [1.165, 1.54) is 10.6 Å². The first-order chi connectivity index (χ1) is 19.1. The van der Waals surface area contributed by atoms with Crippen molar-refractivity contribution in [3.63, 3.8) is 0 Å². The van der Waals surface area contributed by atoms with Crippen LogP contribution in [0.2, 0.25) is 0 Å². The standard InChI is InChI=1S/C32H37NO6S/c1-5-26(34)16-25-20-38-31-17-27(9-10-30(25)31)37-19-23-7-6-8-24(15-23)32-21(2)13-29(14-22(32)3)39-28-11-12-33(18-28)40(4,35)36/h6-10,13-15,17,25,28H,5,11-12,16,18-20H2,1-4H3/t25-,28-/m1/s1. The van der Waals surface area contributed by atoms with Gasteiger partial charge in [-0.25, -0.2) is 8.42 Å². The summed E-state index contributed by atoms with van der Waals surface area (Å²) in [5, 5.41) is 0. The highest BCUT2D eigenvalue weighted by atomic mass is 32.2. The molecule has 2 heterocycles. The molecule has 0 spiro atoms. The normalized spacial score (nSPS) is 18.8. The number of carbonyl (C=O) groups excluding carboxylic acids is 1. The highest BCUT2D eigenvalue weighted by molar-refractivity contribution is 7.88. The average Bonchev–Trinajstić information content (AvgIpc) is 3.54. The molecule has 0 amide bonds. The van der Waals surface area contributed by atoms with Gasteiger partial charge >= 0.3 is 0 Å². The first kappa shape index (κ1) is 28.2. The van der Waals surface area contributed by atoms with Crippen LogP contribution >= 0.6 is 0 Å². The molecule has 1 saturated heterocycles. The number of fused-ring (bicyclic) bond motifs is 1. The molecule has 40 heavy (non-hydrogen) atoms. The molecule has 7 nitrogen and oxygen atoms in total. The van der Waals surface area contributed by atoms with Crippen LogP contribution in [0.25, 0.3) is 11.1 Å². The van der Waals surface area contributed by atoms with Crippen LogP contribution in [0.15, 0.2) is 54.6 Å². The van der Waals surface area contributed by atoms with Crippen molar-refractivity contribution in [2.24, 2.45) is 0 Å². The summed E-state index contributed by atoms with van der Waals surface area (Å²) < 4.78 is 43.3. The Morgan fingerprint density at radius 1 is 1.05 bits per heavy atom. The molecule has 2 atom stereocenters. The van der Waals surface area contributed by atoms with Gasteiger partial charge in [-0.3, -0.25) is 4.79 Å². The van der Waals surface area contributed by atoms with E-state index in [2.05, 4.69) is 32.0 Å². The SMILES string of the molecule is CCC(=O)C[C@@H]1COc2cc(OCc3cccc(-c4c(C)cc(O[C@@H]5CCN(S(C)(=O)=O)C5)cc4C)c3)ccc21. The molecule has 212 valence electrons. The lowest BCUT2D eigenvalue weighted by molar-refractivity contribution is -0.119. The van der Waals surface area contributed by atoms with Gasteiger partial charge in [-0.1, -0.05) is 31.2 Å². The van der Waals surface area contributed by atoms with E-state index in [4.69, 9.17) is 14.2 Å². The van der Waals surface area contributed by atoms with E-state index in [-0.39, 0.29) is 17.8 Å². The fourth-order valence-electron chi connectivity index (χ4n) is 5.65. The van der Waals surface area contributed by atoms with Crippen LogP contribution in [0.4, 0.5) is 0 Å². The molecule has 2 aliphatic rings. The Labute approximate surface area is 237 Å². The summed E-state index contributed by atoms with van der Waals surface area (Å²) in [6, 6.07) is 18.3. The van der Waals surface area contributed by atoms with Gasteiger partial charge in [0.15, 0.2) is 0 Å². The van der Waals surface area contributed by atoms with Gasteiger partial charge in [-0.15, -0.1) is 0 Å². The molecule has 0 N–H and O–H groups in total. The first-order valence-corrected chi connectivity index (χ1v) is 15.7. The Hall–Kier alpha value is -3.36. The predicted molar refractivity (Wildman–Crippen MR) is 156 cm³/mol. The molecule has 2 aliphatic heterocycles. The van der Waals surface area contributed by atoms with E-state index in [0.717, 1.165) is 50.6 Å². The minimum Gasteiger partial charge on any atom is -0.492 e. The number of ketones is 1. The van der Waals surface area contributed by atoms with Crippen LogP contribution in [0, 0.1) is 13.8 Å². The molecule has 0 unspecified atom stereocenters. The summed E-state index contributed by atoms with van der Waals surface area (Å²) in [4.78, 5) is 11.9. The molecule has 0 aromatic heterocycles. The third kappa shape index (κ3) is 6.34. The Morgan fingerprint density at radius 3 is 2.52 bits per heavy atom. The minimum atomic E-state index is -3.20. The number of benzene rings is 3. The number of ether oxygens (including phenoxy) is 3. The van der Waals surface area contributed by atoms with E-state index < -0.39 is 10.0 Å². The fraction of sp³-hybridized carbons (Fsp3) is 0.406. The third-order valence-electron chi connectivity index (χ3n) is 7.74. The van der Waals surface area contributed by atoms with Crippen LogP contribution in [0.1, 0.15) is 54.4 Å². The second-order valence-electron chi connectivity index (χ2n) is 10.9. The van der Waals surface area contributed by atoms with E-state index in [9.17, 15) is 13.2 Å². The number of sulfonamides is 1. The van der Waals surface area contributed by atoms with Crippen LogP contribution in [0.5, 0.6) is 17.2 Å². The number of carbonyl (C=O) groups is 1. The summed E-state index contributed by atoms with van der Waals surface area (Å²) in [5.41, 5.74) is 6.58. The Kier molecular flexibility index (Phi) is 8.19. The molecular weight excluding hydrogens is 526 g/mol. The van der Waals surface area contributed by atoms with Gasteiger partial charge in [0.1, 0.15) is 35.7 Å². The lowest BCUT2D eigenvalue weighted by Crippen LogP contribution is -2.29. The second-order valence-corrected chi connectivity index (χ2v) is 12.9. The molecule has 1 fully saturated rings. The quantitative estimate of drug-likeness (QED) is 0.310. The van der Waals surface area contributed by atoms with E-state index in [1.807, 2.05) is 43.3 Å². The van der Waals surface area contributed by atoms with Crippen molar-refractivity contribution in [1.82, 2.24) is 4.31 Å². The molecule has 8 heteroatoms. The number of hydrogen-bond donors (Lipinski definition) is 0. The van der Waals surface area contributed by atoms with Gasteiger partial charge < -0.3 is 14.2 Å². The highest BCUT2D eigenvalue weighted by Crippen LogP contribution is 2.39. The number of nitrogens with zero attached hydrogens (tertiary/aromatic N) is 1. The van der Waals surface area contributed by atoms with Crippen LogP contribution in [-0.2, 0) is 21.4 Å². The number of aryl methyl sites for hydroxylation is 2. The van der Waals surface area contributed by atoms with Gasteiger partial charge in [-0.05, 0) is 72.4 Å². The number of Topliss-reactive ketones (excluding diaryl/α,β-unsaturated/α-hetero) is 1. The van der Waals surface area contributed by atoms with E-state index >= 15 is 0 Å². The zero-order valence-electron chi connectivity index (χ0n) is 23.6. The Morgan fingerprint density at radius 2 is 1.82 bits per heavy atom. The average molecular weight is 564 g/mol. The topological polar surface area (TPSA) is 82.1 Å². The first-order valence-electron chi connectivity index (χ1n) is 13.8. The molecule has 3 aromatic rings. The maximum atomic E-state index is 11.9. The monoisotopic (exact) mass is 563 g/mol. The van der Waals surface area contributed by atoms with Crippen molar-refractivity contribution in [2.45, 2.75) is 58.7 Å². The van der Waals surface area contributed by atoms with Gasteiger partial charge in [0.25, 0.3) is 0 Å². The lowest BCUT2D eigenvalue weighted by atomic mass is 9.94. The smallest absolute Gasteiger partial charge is 0.211 e. The van der Waals surface area contributed by atoms with Gasteiger partial charge in [-0.2, -0.15) is 4.31 Å². The van der Waals surface area contributed by atoms with Crippen molar-refractivity contribution in [3.8, 4) is 28.4 Å². The minimum absolute atomic E-state index is 0.122. The number of rotatable bonds is 10. The zero-order valence-corrected chi connectivity index (χ0v) is 24.4. The second kappa shape index (κ2) is 11.6. The molecular formula is C32H37NO6S. The fourth-order valence-corrected chi connectivity index (χ4v) is 6.53. The van der Waals surface area contributed by atoms with Gasteiger partial charge in [0.05, 0.1) is 19.4 Å². The largest absolute Gasteiger partial charge is 0.492 e. The van der Waals surface area contributed by atoms with Crippen LogP contribution in [-0.4, -0.2) is 50.6 Å². The molecule has 0 bridgehead atoms. The predicted octanol–water partition coefficient (Wildman–Crippen LogP) is 5.81. The van der Waals surface area contributed by atoms with Crippen molar-refractivity contribution >= 4 is 15.8 Å². The molecule has 3 aromatic carbocycles. The lowest BCUT2D eigenvalue weighted by Gasteiger charge is -2.18. The highest BCUT2D eigenvalue weighted by Gasteiger charge is 2.30. The van der Waals surface area contributed by atoms with Crippen molar-refractivity contribution in [1.29, 1.82) is 0 Å². The Bertz CT molecular complexity index is 1490. The van der Waals surface area contributed by atoms with Crippen LogP contribution < -0.4 is 14.2 Å². The maximum absolute atomic E-state index is 11.9. The maximum Gasteiger partial charge on any atom is 0.211 e. The summed E-state index contributed by atoms with van der Waals surface area (Å²) in [6.07, 6.45) is 2.85.